The van der Waals surface area contributed by atoms with E-state index in [1.54, 1.807) is 18.2 Å². The second-order valence-electron chi connectivity index (χ2n) is 4.71. The molecule has 0 saturated heterocycles. The molecule has 0 spiro atoms. The quantitative estimate of drug-likeness (QED) is 0.697. The minimum atomic E-state index is -1.24. The Labute approximate surface area is 143 Å². The smallest absolute Gasteiger partial charge is 0.161 e. The van der Waals surface area contributed by atoms with E-state index in [0.29, 0.717) is 30.3 Å². The van der Waals surface area contributed by atoms with E-state index in [1.807, 2.05) is 31.2 Å². The van der Waals surface area contributed by atoms with Crippen molar-refractivity contribution in [2.24, 2.45) is 0 Å². The van der Waals surface area contributed by atoms with Gasteiger partial charge in [-0.05, 0) is 48.4 Å². The number of carbonyl (C=O) groups is 1. The fourth-order valence-electron chi connectivity index (χ4n) is 1.92. The van der Waals surface area contributed by atoms with Gasteiger partial charge >= 0.3 is 0 Å². The third kappa shape index (κ3) is 5.45. The van der Waals surface area contributed by atoms with Crippen LogP contribution in [0.15, 0.2) is 53.0 Å². The molecule has 0 unspecified atom stereocenters. The molecule has 2 aromatic carbocycles. The van der Waals surface area contributed by atoms with Crippen molar-refractivity contribution in [1.29, 1.82) is 0 Å². The van der Waals surface area contributed by atoms with Crippen LogP contribution < -0.4 is 14.6 Å². The summed E-state index contributed by atoms with van der Waals surface area (Å²) in [7, 11) is 0. The summed E-state index contributed by atoms with van der Waals surface area (Å²) in [4.78, 5) is 10.5. The molecule has 0 fully saturated rings. The summed E-state index contributed by atoms with van der Waals surface area (Å²) < 4.78 is 12.4. The van der Waals surface area contributed by atoms with E-state index in [9.17, 15) is 9.90 Å². The molecule has 0 aromatic heterocycles. The molecule has 0 heterocycles. The van der Waals surface area contributed by atoms with Crippen molar-refractivity contribution in [2.45, 2.75) is 13.5 Å². The first-order valence-corrected chi connectivity index (χ1v) is 7.91. The average Bonchev–Trinajstić information content (AvgIpc) is 2.54. The lowest BCUT2D eigenvalue weighted by Crippen LogP contribution is -2.18. The Morgan fingerprint density at radius 1 is 1.13 bits per heavy atom. The van der Waals surface area contributed by atoms with Gasteiger partial charge in [0, 0.05) is 4.47 Å². The summed E-state index contributed by atoms with van der Waals surface area (Å²) in [6.45, 7) is 2.78. The second-order valence-corrected chi connectivity index (χ2v) is 5.62. The number of hydrogen-bond acceptors (Lipinski definition) is 4. The minimum absolute atomic E-state index is 0.418. The van der Waals surface area contributed by atoms with Crippen molar-refractivity contribution in [3.63, 3.8) is 0 Å². The second kappa shape index (κ2) is 8.39. The highest BCUT2D eigenvalue weighted by Gasteiger charge is 2.06. The topological polar surface area (TPSA) is 58.6 Å². The minimum Gasteiger partial charge on any atom is -0.545 e. The van der Waals surface area contributed by atoms with E-state index in [0.717, 1.165) is 16.1 Å². The number of carbonyl (C=O) groups excluding carboxylic acids is 1. The van der Waals surface area contributed by atoms with Crippen molar-refractivity contribution in [2.75, 3.05) is 6.61 Å². The average molecular weight is 376 g/mol. The molecule has 2 aromatic rings. The summed E-state index contributed by atoms with van der Waals surface area (Å²) in [5.74, 6) is -0.0518. The Balaban J connectivity index is 2.13. The van der Waals surface area contributed by atoms with Gasteiger partial charge in [0.1, 0.15) is 6.61 Å². The molecule has 0 N–H and O–H groups in total. The van der Waals surface area contributed by atoms with Crippen LogP contribution in [0.2, 0.25) is 0 Å². The lowest BCUT2D eigenvalue weighted by atomic mass is 10.2. The highest BCUT2D eigenvalue weighted by Crippen LogP contribution is 2.29. The van der Waals surface area contributed by atoms with E-state index < -0.39 is 5.97 Å². The number of aliphatic carboxylic acids is 1. The number of benzene rings is 2. The van der Waals surface area contributed by atoms with Crippen molar-refractivity contribution in [3.05, 3.63) is 64.1 Å². The van der Waals surface area contributed by atoms with Gasteiger partial charge in [-0.1, -0.05) is 40.2 Å². The Kier molecular flexibility index (Phi) is 6.23. The molecule has 0 aliphatic carbocycles. The first-order valence-electron chi connectivity index (χ1n) is 7.11. The largest absolute Gasteiger partial charge is 0.545 e. The summed E-state index contributed by atoms with van der Waals surface area (Å²) in [5, 5.41) is 10.5. The van der Waals surface area contributed by atoms with Crippen LogP contribution in [0.3, 0.4) is 0 Å². The van der Waals surface area contributed by atoms with E-state index in [1.165, 1.54) is 6.08 Å². The standard InChI is InChI=1S/C18H17BrO4/c1-2-22-17-11-13(6-10-18(20)21)5-9-16(17)23-12-14-3-7-15(19)8-4-14/h3-11H,2,12H2,1H3,(H,20,21)/p-1. The van der Waals surface area contributed by atoms with E-state index in [4.69, 9.17) is 9.47 Å². The monoisotopic (exact) mass is 375 g/mol. The van der Waals surface area contributed by atoms with Crippen LogP contribution in [-0.2, 0) is 11.4 Å². The van der Waals surface area contributed by atoms with Crippen LogP contribution in [0.1, 0.15) is 18.1 Å². The third-order valence-electron chi connectivity index (χ3n) is 2.99. The fraction of sp³-hybridized carbons (Fsp3) is 0.167. The molecule has 0 amide bonds. The van der Waals surface area contributed by atoms with E-state index in [-0.39, 0.29) is 0 Å². The molecule has 4 nitrogen and oxygen atoms in total. The Hall–Kier alpha value is -2.27. The molecule has 2 rings (SSSR count). The molecular formula is C18H16BrO4-. The van der Waals surface area contributed by atoms with Crippen molar-refractivity contribution in [1.82, 2.24) is 0 Å². The molecule has 0 aliphatic rings. The van der Waals surface area contributed by atoms with Gasteiger partial charge in [0.2, 0.25) is 0 Å². The number of halogens is 1. The van der Waals surface area contributed by atoms with Gasteiger partial charge in [0.05, 0.1) is 12.6 Å². The first kappa shape index (κ1) is 17.1. The Morgan fingerprint density at radius 2 is 1.87 bits per heavy atom. The lowest BCUT2D eigenvalue weighted by molar-refractivity contribution is -0.297. The number of carboxylic acid groups (broad SMARTS) is 1. The molecular weight excluding hydrogens is 360 g/mol. The van der Waals surface area contributed by atoms with Crippen molar-refractivity contribution in [3.8, 4) is 11.5 Å². The van der Waals surface area contributed by atoms with Crippen LogP contribution in [-0.4, -0.2) is 12.6 Å². The summed E-state index contributed by atoms with van der Waals surface area (Å²) in [5.41, 5.74) is 1.74. The van der Waals surface area contributed by atoms with Gasteiger partial charge in [0.15, 0.2) is 11.5 Å². The predicted molar refractivity (Wildman–Crippen MR) is 90.1 cm³/mol. The van der Waals surface area contributed by atoms with Crippen LogP contribution in [0.5, 0.6) is 11.5 Å². The number of ether oxygens (including phenoxy) is 2. The highest BCUT2D eigenvalue weighted by molar-refractivity contribution is 9.10. The van der Waals surface area contributed by atoms with Gasteiger partial charge in [-0.25, -0.2) is 0 Å². The SMILES string of the molecule is CCOc1cc(C=CC(=O)[O-])ccc1OCc1ccc(Br)cc1. The maximum absolute atomic E-state index is 10.5. The van der Waals surface area contributed by atoms with Gasteiger partial charge in [0.25, 0.3) is 0 Å². The highest BCUT2D eigenvalue weighted by atomic mass is 79.9. The summed E-state index contributed by atoms with van der Waals surface area (Å²) >= 11 is 3.39. The van der Waals surface area contributed by atoms with Crippen LogP contribution >= 0.6 is 15.9 Å². The summed E-state index contributed by atoms with van der Waals surface area (Å²) in [6, 6.07) is 13.1. The summed E-state index contributed by atoms with van der Waals surface area (Å²) in [6.07, 6.45) is 2.43. The zero-order valence-corrected chi connectivity index (χ0v) is 14.2. The van der Waals surface area contributed by atoms with E-state index >= 15 is 0 Å². The van der Waals surface area contributed by atoms with Crippen LogP contribution in [0.25, 0.3) is 6.08 Å². The van der Waals surface area contributed by atoms with Crippen molar-refractivity contribution >= 4 is 28.0 Å². The number of rotatable bonds is 7. The molecule has 23 heavy (non-hydrogen) atoms. The van der Waals surface area contributed by atoms with Gasteiger partial charge < -0.3 is 19.4 Å². The molecule has 0 radical (unpaired) electrons. The molecule has 5 heteroatoms. The van der Waals surface area contributed by atoms with E-state index in [2.05, 4.69) is 15.9 Å². The zero-order valence-electron chi connectivity index (χ0n) is 12.6. The van der Waals surface area contributed by atoms with Gasteiger partial charge in [-0.3, -0.25) is 0 Å². The maximum Gasteiger partial charge on any atom is 0.161 e. The lowest BCUT2D eigenvalue weighted by Gasteiger charge is -2.13. The van der Waals surface area contributed by atoms with Gasteiger partial charge in [-0.15, -0.1) is 0 Å². The zero-order chi connectivity index (χ0) is 16.7. The van der Waals surface area contributed by atoms with Crippen LogP contribution in [0.4, 0.5) is 0 Å². The number of hydrogen-bond donors (Lipinski definition) is 0. The molecule has 0 saturated carbocycles. The Bertz CT molecular complexity index is 693. The van der Waals surface area contributed by atoms with Crippen molar-refractivity contribution < 1.29 is 19.4 Å². The Morgan fingerprint density at radius 3 is 2.52 bits per heavy atom. The third-order valence-corrected chi connectivity index (χ3v) is 3.52. The van der Waals surface area contributed by atoms with Crippen LogP contribution in [0, 0.1) is 0 Å². The first-order chi connectivity index (χ1) is 11.1. The fourth-order valence-corrected chi connectivity index (χ4v) is 2.19. The molecule has 0 atom stereocenters. The predicted octanol–water partition coefficient (Wildman–Crippen LogP) is 3.19. The van der Waals surface area contributed by atoms with Gasteiger partial charge in [-0.2, -0.15) is 0 Å². The molecule has 0 aliphatic heterocycles. The normalized spacial score (nSPS) is 10.7. The molecule has 120 valence electrons. The number of carboxylic acids is 1. The maximum atomic E-state index is 10.5. The molecule has 0 bridgehead atoms.